The number of benzene rings is 3. The third-order valence-electron chi connectivity index (χ3n) is 6.53. The largest absolute Gasteiger partial charge is 0.486 e. The quantitative estimate of drug-likeness (QED) is 0.266. The summed E-state index contributed by atoms with van der Waals surface area (Å²) in [5.41, 5.74) is 4.15. The molecular formula is C31H31F3O2. The fraction of sp³-hybridized carbons (Fsp3) is 0.290. The highest BCUT2D eigenvalue weighted by molar-refractivity contribution is 5.67. The van der Waals surface area contributed by atoms with E-state index in [1.54, 1.807) is 30.3 Å². The normalized spacial score (nSPS) is 15.4. The van der Waals surface area contributed by atoms with Crippen LogP contribution in [0.2, 0.25) is 0 Å². The summed E-state index contributed by atoms with van der Waals surface area (Å²) in [6, 6.07) is 15.9. The Labute approximate surface area is 211 Å². The fourth-order valence-corrected chi connectivity index (χ4v) is 4.56. The van der Waals surface area contributed by atoms with E-state index in [9.17, 15) is 13.2 Å². The molecule has 0 heterocycles. The number of allylic oxidation sites excluding steroid dienone is 1. The predicted octanol–water partition coefficient (Wildman–Crippen LogP) is 8.09. The summed E-state index contributed by atoms with van der Waals surface area (Å²) in [5, 5.41) is 0. The zero-order chi connectivity index (χ0) is 25.5. The molecule has 36 heavy (non-hydrogen) atoms. The average Bonchev–Trinajstić information content (AvgIpc) is 2.90. The van der Waals surface area contributed by atoms with E-state index in [4.69, 9.17) is 9.47 Å². The van der Waals surface area contributed by atoms with Crippen molar-refractivity contribution in [1.82, 2.24) is 0 Å². The number of rotatable bonds is 10. The van der Waals surface area contributed by atoms with Crippen molar-refractivity contribution in [1.29, 1.82) is 0 Å². The molecule has 0 N–H and O–H groups in total. The maximum atomic E-state index is 14.9. The molecule has 0 saturated carbocycles. The van der Waals surface area contributed by atoms with Gasteiger partial charge in [0.15, 0.2) is 23.2 Å². The van der Waals surface area contributed by atoms with Crippen molar-refractivity contribution in [2.75, 3.05) is 13.2 Å². The second kappa shape index (κ2) is 12.1. The molecule has 0 amide bonds. The molecule has 0 aromatic heterocycles. The second-order valence-electron chi connectivity index (χ2n) is 8.92. The highest BCUT2D eigenvalue weighted by Crippen LogP contribution is 2.32. The summed E-state index contributed by atoms with van der Waals surface area (Å²) in [6.45, 7) is 6.42. The Kier molecular flexibility index (Phi) is 8.65. The Morgan fingerprint density at radius 2 is 1.72 bits per heavy atom. The van der Waals surface area contributed by atoms with Crippen LogP contribution in [0.25, 0.3) is 16.7 Å². The van der Waals surface area contributed by atoms with Crippen molar-refractivity contribution in [3.8, 4) is 16.9 Å². The predicted molar refractivity (Wildman–Crippen MR) is 139 cm³/mol. The minimum absolute atomic E-state index is 0.159. The van der Waals surface area contributed by atoms with Gasteiger partial charge in [0.25, 0.3) is 0 Å². The third-order valence-corrected chi connectivity index (χ3v) is 6.53. The smallest absolute Gasteiger partial charge is 0.166 e. The summed E-state index contributed by atoms with van der Waals surface area (Å²) in [5.74, 6) is -1.79. The van der Waals surface area contributed by atoms with E-state index >= 15 is 0 Å². The van der Waals surface area contributed by atoms with Gasteiger partial charge in [-0.25, -0.2) is 13.2 Å². The lowest BCUT2D eigenvalue weighted by molar-refractivity contribution is 0.0579. The molecular weight excluding hydrogens is 461 g/mol. The van der Waals surface area contributed by atoms with Crippen LogP contribution in [0.4, 0.5) is 13.2 Å². The minimum atomic E-state index is -0.772. The van der Waals surface area contributed by atoms with Gasteiger partial charge in [-0.1, -0.05) is 61.2 Å². The van der Waals surface area contributed by atoms with Crippen molar-refractivity contribution in [2.24, 2.45) is 0 Å². The van der Waals surface area contributed by atoms with Crippen LogP contribution in [-0.4, -0.2) is 19.3 Å². The van der Waals surface area contributed by atoms with Crippen LogP contribution in [0.1, 0.15) is 42.9 Å². The molecule has 1 aliphatic carbocycles. The van der Waals surface area contributed by atoms with Crippen LogP contribution in [0, 0.1) is 17.5 Å². The van der Waals surface area contributed by atoms with Crippen LogP contribution in [0.5, 0.6) is 5.75 Å². The zero-order valence-electron chi connectivity index (χ0n) is 20.5. The summed E-state index contributed by atoms with van der Waals surface area (Å²) >= 11 is 0. The number of hydrogen-bond donors (Lipinski definition) is 0. The number of aryl methyl sites for hydroxylation is 2. The van der Waals surface area contributed by atoms with Gasteiger partial charge in [-0.2, -0.15) is 0 Å². The molecule has 0 radical (unpaired) electrons. The molecule has 4 rings (SSSR count). The molecule has 0 bridgehead atoms. The summed E-state index contributed by atoms with van der Waals surface area (Å²) in [6.07, 6.45) is 6.87. The van der Waals surface area contributed by atoms with E-state index in [2.05, 4.69) is 6.58 Å². The average molecular weight is 493 g/mol. The van der Waals surface area contributed by atoms with Gasteiger partial charge in [0.1, 0.15) is 6.61 Å². The first-order valence-corrected chi connectivity index (χ1v) is 12.4. The first-order valence-electron chi connectivity index (χ1n) is 12.4. The molecule has 0 saturated heterocycles. The van der Waals surface area contributed by atoms with Gasteiger partial charge in [-0.15, -0.1) is 0 Å². The van der Waals surface area contributed by atoms with Crippen LogP contribution >= 0.6 is 0 Å². The van der Waals surface area contributed by atoms with Gasteiger partial charge >= 0.3 is 0 Å². The maximum Gasteiger partial charge on any atom is 0.166 e. The van der Waals surface area contributed by atoms with E-state index in [-0.39, 0.29) is 18.5 Å². The zero-order valence-corrected chi connectivity index (χ0v) is 20.5. The standard InChI is InChI=1S/C31H31F3O2/c1-3-19-36-29-18-14-25(20-28(29)32)22-8-5-21(6-9-22)7-10-24-13-17-27(31(34)30(24)33)23-11-15-26(16-12-23)35-4-2/h3,5-6,8-9,11,13-14,17-18,20,26H,1,4,7,10,12,15-16,19H2,2H3. The van der Waals surface area contributed by atoms with Crippen LogP contribution in [-0.2, 0) is 17.6 Å². The van der Waals surface area contributed by atoms with Gasteiger partial charge in [-0.3, -0.25) is 0 Å². The lowest BCUT2D eigenvalue weighted by atomic mass is 9.90. The van der Waals surface area contributed by atoms with Crippen LogP contribution < -0.4 is 4.74 Å². The number of halogens is 3. The van der Waals surface area contributed by atoms with Gasteiger partial charge in [0.05, 0.1) is 6.10 Å². The molecule has 3 aromatic carbocycles. The molecule has 1 unspecified atom stereocenters. The first kappa shape index (κ1) is 25.8. The molecule has 1 aliphatic rings. The van der Waals surface area contributed by atoms with Crippen molar-refractivity contribution in [2.45, 2.75) is 45.1 Å². The van der Waals surface area contributed by atoms with E-state index in [0.717, 1.165) is 35.1 Å². The van der Waals surface area contributed by atoms with Crippen molar-refractivity contribution < 1.29 is 22.6 Å². The maximum absolute atomic E-state index is 14.9. The molecule has 2 nitrogen and oxygen atoms in total. The molecule has 3 aromatic rings. The summed E-state index contributed by atoms with van der Waals surface area (Å²) < 4.78 is 55.0. The Bertz CT molecular complexity index is 1230. The SMILES string of the molecule is C=CCOc1ccc(-c2ccc(CCc3ccc(C4=CCC(OCC)CC4)c(F)c3F)cc2)cc1F. The first-order chi connectivity index (χ1) is 17.5. The van der Waals surface area contributed by atoms with Crippen molar-refractivity contribution >= 4 is 5.57 Å². The lowest BCUT2D eigenvalue weighted by Crippen LogP contribution is -2.16. The topological polar surface area (TPSA) is 18.5 Å². The molecule has 0 aliphatic heterocycles. The Hall–Kier alpha value is -3.31. The minimum Gasteiger partial charge on any atom is -0.486 e. The Morgan fingerprint density at radius 3 is 2.39 bits per heavy atom. The summed E-state index contributed by atoms with van der Waals surface area (Å²) in [7, 11) is 0. The lowest BCUT2D eigenvalue weighted by Gasteiger charge is -2.22. The molecule has 5 heteroatoms. The summed E-state index contributed by atoms with van der Waals surface area (Å²) in [4.78, 5) is 0. The number of ether oxygens (including phenoxy) is 2. The highest BCUT2D eigenvalue weighted by atomic mass is 19.2. The van der Waals surface area contributed by atoms with Gasteiger partial charge in [-0.05, 0) is 79.0 Å². The highest BCUT2D eigenvalue weighted by Gasteiger charge is 2.20. The number of hydrogen-bond acceptors (Lipinski definition) is 2. The van der Waals surface area contributed by atoms with Gasteiger partial charge in [0.2, 0.25) is 0 Å². The van der Waals surface area contributed by atoms with E-state index < -0.39 is 17.5 Å². The van der Waals surface area contributed by atoms with E-state index in [1.165, 1.54) is 6.07 Å². The fourth-order valence-electron chi connectivity index (χ4n) is 4.56. The Balaban J connectivity index is 1.40. The molecule has 188 valence electrons. The van der Waals surface area contributed by atoms with Crippen LogP contribution in [0.15, 0.2) is 73.3 Å². The van der Waals surface area contributed by atoms with Crippen molar-refractivity contribution in [3.05, 3.63) is 107 Å². The Morgan fingerprint density at radius 1 is 0.944 bits per heavy atom. The molecule has 0 fully saturated rings. The molecule has 1 atom stereocenters. The van der Waals surface area contributed by atoms with Crippen LogP contribution in [0.3, 0.4) is 0 Å². The second-order valence-corrected chi connectivity index (χ2v) is 8.92. The molecule has 0 spiro atoms. The van der Waals surface area contributed by atoms with Gasteiger partial charge in [0, 0.05) is 12.2 Å². The van der Waals surface area contributed by atoms with E-state index in [0.29, 0.717) is 37.0 Å². The van der Waals surface area contributed by atoms with E-state index in [1.807, 2.05) is 37.3 Å². The van der Waals surface area contributed by atoms with Crippen molar-refractivity contribution in [3.63, 3.8) is 0 Å². The van der Waals surface area contributed by atoms with Gasteiger partial charge < -0.3 is 9.47 Å². The monoisotopic (exact) mass is 492 g/mol. The third kappa shape index (κ3) is 6.08.